The number of piperidine rings is 1. The molecular weight excluding hydrogens is 370 g/mol. The highest BCUT2D eigenvalue weighted by molar-refractivity contribution is 7.17. The van der Waals surface area contributed by atoms with Crippen molar-refractivity contribution in [1.29, 1.82) is 0 Å². The van der Waals surface area contributed by atoms with E-state index in [4.69, 9.17) is 11.6 Å². The van der Waals surface area contributed by atoms with E-state index in [1.165, 1.54) is 0 Å². The van der Waals surface area contributed by atoms with E-state index in [1.54, 1.807) is 23.5 Å². The second-order valence-corrected chi connectivity index (χ2v) is 7.59. The number of hydrogen-bond donors (Lipinski definition) is 1. The lowest BCUT2D eigenvalue weighted by Gasteiger charge is -2.30. The van der Waals surface area contributed by atoms with Crippen LogP contribution in [0.2, 0.25) is 5.02 Å². The number of nitrogens with one attached hydrogen (secondary N) is 1. The number of rotatable bonds is 4. The zero-order valence-corrected chi connectivity index (χ0v) is 15.6. The molecule has 8 heteroatoms. The van der Waals surface area contributed by atoms with Crippen molar-refractivity contribution in [2.75, 3.05) is 23.3 Å². The highest BCUT2D eigenvalue weighted by atomic mass is 35.5. The van der Waals surface area contributed by atoms with Crippen molar-refractivity contribution in [1.82, 2.24) is 14.8 Å². The molecule has 1 aliphatic rings. The largest absolute Gasteiger partial charge is 0.347 e. The van der Waals surface area contributed by atoms with Crippen molar-refractivity contribution < 1.29 is 4.79 Å². The molecule has 0 bridgehead atoms. The highest BCUT2D eigenvalue weighted by Gasteiger charge is 2.26. The van der Waals surface area contributed by atoms with E-state index in [2.05, 4.69) is 20.4 Å². The molecule has 3 heterocycles. The molecule has 4 rings (SSSR count). The quantitative estimate of drug-likeness (QED) is 0.738. The van der Waals surface area contributed by atoms with E-state index < -0.39 is 0 Å². The van der Waals surface area contributed by atoms with E-state index in [1.807, 2.05) is 41.2 Å². The van der Waals surface area contributed by atoms with Gasteiger partial charge in [-0.2, -0.15) is 0 Å². The molecule has 134 valence electrons. The maximum atomic E-state index is 12.5. The Kier molecular flexibility index (Phi) is 4.90. The van der Waals surface area contributed by atoms with Crippen molar-refractivity contribution in [2.45, 2.75) is 12.8 Å². The number of benzene rings is 1. The topological polar surface area (TPSA) is 63.1 Å². The summed E-state index contributed by atoms with van der Waals surface area (Å²) in [5, 5.41) is 13.9. The molecular formula is C18H18ClN5OS. The van der Waals surface area contributed by atoms with Gasteiger partial charge < -0.3 is 10.2 Å². The Hall–Kier alpha value is -2.38. The van der Waals surface area contributed by atoms with Gasteiger partial charge in [0.25, 0.3) is 0 Å². The number of carbonyl (C=O) groups excluding carboxylic acids is 1. The molecule has 1 N–H and O–H groups in total. The van der Waals surface area contributed by atoms with E-state index >= 15 is 0 Å². The Labute approximate surface area is 160 Å². The number of amides is 1. The van der Waals surface area contributed by atoms with E-state index in [0.717, 1.165) is 41.9 Å². The number of hydrogen-bond acceptors (Lipinski definition) is 5. The van der Waals surface area contributed by atoms with E-state index in [9.17, 15) is 4.79 Å². The first-order chi connectivity index (χ1) is 12.7. The third kappa shape index (κ3) is 3.73. The molecule has 6 nitrogen and oxygen atoms in total. The lowest BCUT2D eigenvalue weighted by atomic mass is 9.96. The van der Waals surface area contributed by atoms with Gasteiger partial charge in [-0.1, -0.05) is 22.9 Å². The monoisotopic (exact) mass is 387 g/mol. The van der Waals surface area contributed by atoms with Crippen LogP contribution in [-0.4, -0.2) is 33.8 Å². The van der Waals surface area contributed by atoms with E-state index in [0.29, 0.717) is 5.02 Å². The van der Waals surface area contributed by atoms with Crippen LogP contribution in [0.5, 0.6) is 0 Å². The van der Waals surface area contributed by atoms with Gasteiger partial charge in [0.15, 0.2) is 0 Å². The number of aromatic nitrogens is 3. The standard InChI is InChI=1S/C18H18ClN5OS/c19-14-3-5-15(6-4-14)20-16(25)13-7-11-24(12-8-13)18-22-21-17(26-18)23-9-1-2-10-23/h1-6,9-10,13H,7-8,11-12H2,(H,20,25). The second-order valence-electron chi connectivity index (χ2n) is 6.21. The predicted octanol–water partition coefficient (Wildman–Crippen LogP) is 3.84. The number of nitrogens with zero attached hydrogens (tertiary/aromatic N) is 4. The molecule has 1 amide bonds. The average Bonchev–Trinajstić information content (AvgIpc) is 3.35. The van der Waals surface area contributed by atoms with Gasteiger partial charge in [0.05, 0.1) is 0 Å². The molecule has 0 spiro atoms. The van der Waals surface area contributed by atoms with Crippen LogP contribution in [0.15, 0.2) is 48.8 Å². The van der Waals surface area contributed by atoms with Gasteiger partial charge in [0.2, 0.25) is 16.2 Å². The summed E-state index contributed by atoms with van der Waals surface area (Å²) in [4.78, 5) is 14.7. The summed E-state index contributed by atoms with van der Waals surface area (Å²) in [6, 6.07) is 11.1. The van der Waals surface area contributed by atoms with Gasteiger partial charge in [-0.05, 0) is 49.2 Å². The SMILES string of the molecule is O=C(Nc1ccc(Cl)cc1)C1CCN(c2nnc(-n3cccc3)s2)CC1. The molecule has 3 aromatic rings. The minimum atomic E-state index is 0.0127. The van der Waals surface area contributed by atoms with Crippen molar-refractivity contribution in [2.24, 2.45) is 5.92 Å². The molecule has 1 aromatic carbocycles. The molecule has 0 radical (unpaired) electrons. The number of carbonyl (C=O) groups is 1. The highest BCUT2D eigenvalue weighted by Crippen LogP contribution is 2.28. The van der Waals surface area contributed by atoms with Gasteiger partial charge >= 0.3 is 0 Å². The molecule has 1 saturated heterocycles. The van der Waals surface area contributed by atoms with Crippen molar-refractivity contribution >= 4 is 39.7 Å². The normalized spacial score (nSPS) is 15.2. The van der Waals surface area contributed by atoms with Crippen LogP contribution in [0.25, 0.3) is 5.13 Å². The Balaban J connectivity index is 1.33. The molecule has 2 aromatic heterocycles. The Morgan fingerprint density at radius 2 is 1.73 bits per heavy atom. The summed E-state index contributed by atoms with van der Waals surface area (Å²) >= 11 is 7.44. The van der Waals surface area contributed by atoms with E-state index in [-0.39, 0.29) is 11.8 Å². The Morgan fingerprint density at radius 1 is 1.08 bits per heavy atom. The molecule has 0 unspecified atom stereocenters. The molecule has 1 fully saturated rings. The summed E-state index contributed by atoms with van der Waals surface area (Å²) in [7, 11) is 0. The van der Waals surface area contributed by atoms with Crippen LogP contribution in [0.1, 0.15) is 12.8 Å². The zero-order chi connectivity index (χ0) is 17.9. The van der Waals surface area contributed by atoms with Gasteiger partial charge in [-0.25, -0.2) is 0 Å². The molecule has 1 aliphatic heterocycles. The van der Waals surface area contributed by atoms with Crippen LogP contribution in [0.3, 0.4) is 0 Å². The molecule has 0 aliphatic carbocycles. The first-order valence-electron chi connectivity index (χ1n) is 8.47. The predicted molar refractivity (Wildman–Crippen MR) is 104 cm³/mol. The lowest BCUT2D eigenvalue weighted by Crippen LogP contribution is -2.38. The van der Waals surface area contributed by atoms with Gasteiger partial charge in [-0.3, -0.25) is 9.36 Å². The fourth-order valence-electron chi connectivity index (χ4n) is 3.01. The minimum Gasteiger partial charge on any atom is -0.347 e. The summed E-state index contributed by atoms with van der Waals surface area (Å²) in [6.07, 6.45) is 5.52. The molecule has 0 atom stereocenters. The fourth-order valence-corrected chi connectivity index (χ4v) is 4.00. The molecule has 26 heavy (non-hydrogen) atoms. The summed E-state index contributed by atoms with van der Waals surface area (Å²) < 4.78 is 1.95. The first-order valence-corrected chi connectivity index (χ1v) is 9.67. The van der Waals surface area contributed by atoms with Crippen LogP contribution in [0, 0.1) is 5.92 Å². The third-order valence-electron chi connectivity index (χ3n) is 4.48. The summed E-state index contributed by atoms with van der Waals surface area (Å²) in [5.41, 5.74) is 0.780. The van der Waals surface area contributed by atoms with Crippen LogP contribution in [0.4, 0.5) is 10.8 Å². The first kappa shape index (κ1) is 17.1. The van der Waals surface area contributed by atoms with Crippen LogP contribution in [-0.2, 0) is 4.79 Å². The summed E-state index contributed by atoms with van der Waals surface area (Å²) in [6.45, 7) is 1.61. The van der Waals surface area contributed by atoms with Crippen LogP contribution >= 0.6 is 22.9 Å². The van der Waals surface area contributed by atoms with Gasteiger partial charge in [0.1, 0.15) is 0 Å². The summed E-state index contributed by atoms with van der Waals surface area (Å²) in [5.74, 6) is 0.0797. The second kappa shape index (κ2) is 7.47. The van der Waals surface area contributed by atoms with Crippen molar-refractivity contribution in [3.63, 3.8) is 0 Å². The number of halogens is 1. The van der Waals surface area contributed by atoms with Gasteiger partial charge in [0, 0.05) is 42.1 Å². The average molecular weight is 388 g/mol. The Bertz CT molecular complexity index is 869. The lowest BCUT2D eigenvalue weighted by molar-refractivity contribution is -0.120. The third-order valence-corrected chi connectivity index (χ3v) is 5.73. The molecule has 0 saturated carbocycles. The maximum Gasteiger partial charge on any atom is 0.227 e. The van der Waals surface area contributed by atoms with Gasteiger partial charge in [-0.15, -0.1) is 10.2 Å². The van der Waals surface area contributed by atoms with Crippen molar-refractivity contribution in [3.05, 3.63) is 53.8 Å². The van der Waals surface area contributed by atoms with Crippen molar-refractivity contribution in [3.8, 4) is 5.13 Å². The van der Waals surface area contributed by atoms with Crippen LogP contribution < -0.4 is 10.2 Å². The maximum absolute atomic E-state index is 12.5. The number of anilines is 2. The Morgan fingerprint density at radius 3 is 2.42 bits per heavy atom. The fraction of sp³-hybridized carbons (Fsp3) is 0.278. The zero-order valence-electron chi connectivity index (χ0n) is 14.0. The minimum absolute atomic E-state index is 0.0127. The smallest absolute Gasteiger partial charge is 0.227 e.